The maximum absolute atomic E-state index is 13.0. The molecule has 0 aliphatic heterocycles. The molecule has 19 heavy (non-hydrogen) atoms. The van der Waals surface area contributed by atoms with E-state index < -0.39 is 15.8 Å². The van der Waals surface area contributed by atoms with Crippen molar-refractivity contribution in [2.75, 3.05) is 4.72 Å². The lowest BCUT2D eigenvalue weighted by Crippen LogP contribution is -2.13. The Morgan fingerprint density at radius 3 is 2.68 bits per heavy atom. The molecule has 0 bridgehead atoms. The van der Waals surface area contributed by atoms with Gasteiger partial charge in [0.15, 0.2) is 0 Å². The van der Waals surface area contributed by atoms with Crippen molar-refractivity contribution in [3.05, 3.63) is 52.5 Å². The Morgan fingerprint density at radius 1 is 1.32 bits per heavy atom. The summed E-state index contributed by atoms with van der Waals surface area (Å²) in [4.78, 5) is 3.86. The van der Waals surface area contributed by atoms with Crippen LogP contribution in [0.5, 0.6) is 0 Å². The van der Waals surface area contributed by atoms with Crippen LogP contribution in [0.3, 0.4) is 0 Å². The molecule has 100 valence electrons. The number of sulfonamides is 1. The van der Waals surface area contributed by atoms with Gasteiger partial charge in [0.25, 0.3) is 10.0 Å². The molecule has 0 unspecified atom stereocenters. The molecule has 0 saturated heterocycles. The standard InChI is InChI=1S/C12H10BrFN2O2S/c1-8-5-10(7-15-12(8)13)16-19(17,18)11-4-2-3-9(14)6-11/h2-7,16H,1H3. The van der Waals surface area contributed by atoms with Crippen molar-refractivity contribution in [3.63, 3.8) is 0 Å². The third-order valence-corrected chi connectivity index (χ3v) is 4.58. The average molecular weight is 345 g/mol. The summed E-state index contributed by atoms with van der Waals surface area (Å²) in [6.07, 6.45) is 1.38. The summed E-state index contributed by atoms with van der Waals surface area (Å²) in [6, 6.07) is 6.44. The number of aromatic nitrogens is 1. The monoisotopic (exact) mass is 344 g/mol. The van der Waals surface area contributed by atoms with Crippen molar-refractivity contribution in [2.24, 2.45) is 0 Å². The first kappa shape index (κ1) is 14.0. The number of anilines is 1. The Labute approximate surface area is 118 Å². The van der Waals surface area contributed by atoms with Gasteiger partial charge in [-0.1, -0.05) is 6.07 Å². The summed E-state index contributed by atoms with van der Waals surface area (Å²) in [6.45, 7) is 1.79. The van der Waals surface area contributed by atoms with Gasteiger partial charge >= 0.3 is 0 Å². The molecule has 1 aromatic heterocycles. The summed E-state index contributed by atoms with van der Waals surface area (Å²) in [5, 5.41) is 0. The van der Waals surface area contributed by atoms with E-state index in [0.29, 0.717) is 10.3 Å². The molecule has 1 heterocycles. The molecular weight excluding hydrogens is 335 g/mol. The molecule has 0 spiro atoms. The molecule has 1 N–H and O–H groups in total. The van der Waals surface area contributed by atoms with Crippen LogP contribution in [-0.2, 0) is 10.0 Å². The van der Waals surface area contributed by atoms with Crippen molar-refractivity contribution in [2.45, 2.75) is 11.8 Å². The minimum atomic E-state index is -3.81. The quantitative estimate of drug-likeness (QED) is 0.870. The molecule has 7 heteroatoms. The van der Waals surface area contributed by atoms with Crippen LogP contribution in [-0.4, -0.2) is 13.4 Å². The van der Waals surface area contributed by atoms with Gasteiger partial charge in [0.05, 0.1) is 16.8 Å². The number of hydrogen-bond donors (Lipinski definition) is 1. The molecule has 0 radical (unpaired) electrons. The lowest BCUT2D eigenvalue weighted by molar-refractivity contribution is 0.595. The number of rotatable bonds is 3. The van der Waals surface area contributed by atoms with E-state index in [4.69, 9.17) is 0 Å². The highest BCUT2D eigenvalue weighted by atomic mass is 79.9. The summed E-state index contributed by atoms with van der Waals surface area (Å²) in [5.41, 5.74) is 1.12. The maximum Gasteiger partial charge on any atom is 0.262 e. The normalized spacial score (nSPS) is 11.3. The Kier molecular flexibility index (Phi) is 3.86. The largest absolute Gasteiger partial charge is 0.278 e. The van der Waals surface area contributed by atoms with Gasteiger partial charge in [-0.25, -0.2) is 17.8 Å². The number of hydrogen-bond acceptors (Lipinski definition) is 3. The smallest absolute Gasteiger partial charge is 0.262 e. The number of halogens is 2. The zero-order valence-corrected chi connectivity index (χ0v) is 12.3. The van der Waals surface area contributed by atoms with Crippen LogP contribution in [0, 0.1) is 12.7 Å². The van der Waals surface area contributed by atoms with Gasteiger partial charge in [-0.05, 0) is 52.7 Å². The van der Waals surface area contributed by atoms with Gasteiger partial charge in [-0.2, -0.15) is 0 Å². The maximum atomic E-state index is 13.0. The molecular formula is C12H10BrFN2O2S. The number of benzene rings is 1. The molecule has 0 saturated carbocycles. The Balaban J connectivity index is 2.33. The first-order valence-electron chi connectivity index (χ1n) is 5.29. The fourth-order valence-electron chi connectivity index (χ4n) is 1.46. The topological polar surface area (TPSA) is 59.1 Å². The van der Waals surface area contributed by atoms with E-state index in [1.807, 2.05) is 0 Å². The fraction of sp³-hybridized carbons (Fsp3) is 0.0833. The van der Waals surface area contributed by atoms with Crippen LogP contribution >= 0.6 is 15.9 Å². The molecule has 2 aromatic rings. The van der Waals surface area contributed by atoms with Gasteiger partial charge in [-0.15, -0.1) is 0 Å². The second-order valence-electron chi connectivity index (χ2n) is 3.89. The van der Waals surface area contributed by atoms with Gasteiger partial charge < -0.3 is 0 Å². The number of aryl methyl sites for hydroxylation is 1. The van der Waals surface area contributed by atoms with E-state index in [1.165, 1.54) is 24.4 Å². The highest BCUT2D eigenvalue weighted by Gasteiger charge is 2.15. The minimum Gasteiger partial charge on any atom is -0.278 e. The summed E-state index contributed by atoms with van der Waals surface area (Å²) in [7, 11) is -3.81. The van der Waals surface area contributed by atoms with E-state index in [0.717, 1.165) is 11.6 Å². The summed E-state index contributed by atoms with van der Waals surface area (Å²) in [5.74, 6) is -0.604. The van der Waals surface area contributed by atoms with Crippen molar-refractivity contribution < 1.29 is 12.8 Å². The SMILES string of the molecule is Cc1cc(NS(=O)(=O)c2cccc(F)c2)cnc1Br. The van der Waals surface area contributed by atoms with Gasteiger partial charge in [0.1, 0.15) is 10.4 Å². The second kappa shape index (κ2) is 5.26. The predicted octanol–water partition coefficient (Wildman–Crippen LogP) is 3.09. The third kappa shape index (κ3) is 3.30. The highest BCUT2D eigenvalue weighted by molar-refractivity contribution is 9.10. The van der Waals surface area contributed by atoms with Crippen molar-refractivity contribution in [3.8, 4) is 0 Å². The zero-order valence-electron chi connectivity index (χ0n) is 9.89. The molecule has 0 atom stereocenters. The Hall–Kier alpha value is -1.47. The third-order valence-electron chi connectivity index (χ3n) is 2.37. The Morgan fingerprint density at radius 2 is 2.05 bits per heavy atom. The lowest BCUT2D eigenvalue weighted by atomic mass is 10.3. The van der Waals surface area contributed by atoms with Gasteiger partial charge in [-0.3, -0.25) is 4.72 Å². The molecule has 0 fully saturated rings. The van der Waals surface area contributed by atoms with Crippen LogP contribution in [0.15, 0.2) is 46.0 Å². The first-order valence-corrected chi connectivity index (χ1v) is 7.56. The van der Waals surface area contributed by atoms with Crippen molar-refractivity contribution in [1.82, 2.24) is 4.98 Å². The van der Waals surface area contributed by atoms with Crippen LogP contribution in [0.25, 0.3) is 0 Å². The molecule has 0 aliphatic carbocycles. The Bertz CT molecular complexity index is 719. The minimum absolute atomic E-state index is 0.131. The second-order valence-corrected chi connectivity index (χ2v) is 6.33. The van der Waals surface area contributed by atoms with Crippen molar-refractivity contribution >= 4 is 31.6 Å². The molecule has 1 aromatic carbocycles. The average Bonchev–Trinajstić information content (AvgIpc) is 2.33. The number of pyridine rings is 1. The van der Waals surface area contributed by atoms with E-state index >= 15 is 0 Å². The molecule has 0 amide bonds. The van der Waals surface area contributed by atoms with Gasteiger partial charge in [0.2, 0.25) is 0 Å². The zero-order chi connectivity index (χ0) is 14.0. The molecule has 4 nitrogen and oxygen atoms in total. The fourth-order valence-corrected chi connectivity index (χ4v) is 2.74. The molecule has 2 rings (SSSR count). The molecule has 0 aliphatic rings. The summed E-state index contributed by atoms with van der Waals surface area (Å²) < 4.78 is 40.1. The van der Waals surface area contributed by atoms with Crippen molar-refractivity contribution in [1.29, 1.82) is 0 Å². The van der Waals surface area contributed by atoms with Crippen LogP contribution in [0.4, 0.5) is 10.1 Å². The van der Waals surface area contributed by atoms with E-state index in [2.05, 4.69) is 25.6 Å². The van der Waals surface area contributed by atoms with Crippen LogP contribution in [0.1, 0.15) is 5.56 Å². The first-order chi connectivity index (χ1) is 8.88. The van der Waals surface area contributed by atoms with Crippen LogP contribution in [0.2, 0.25) is 0 Å². The highest BCUT2D eigenvalue weighted by Crippen LogP contribution is 2.20. The predicted molar refractivity (Wildman–Crippen MR) is 73.9 cm³/mol. The number of nitrogens with one attached hydrogen (secondary N) is 1. The van der Waals surface area contributed by atoms with Crippen LogP contribution < -0.4 is 4.72 Å². The summed E-state index contributed by atoms with van der Waals surface area (Å²) >= 11 is 3.23. The van der Waals surface area contributed by atoms with E-state index in [-0.39, 0.29) is 4.90 Å². The van der Waals surface area contributed by atoms with E-state index in [9.17, 15) is 12.8 Å². The van der Waals surface area contributed by atoms with E-state index in [1.54, 1.807) is 13.0 Å². The lowest BCUT2D eigenvalue weighted by Gasteiger charge is -2.08. The van der Waals surface area contributed by atoms with Gasteiger partial charge in [0, 0.05) is 0 Å². The number of nitrogens with zero attached hydrogens (tertiary/aromatic N) is 1.